The summed E-state index contributed by atoms with van der Waals surface area (Å²) in [5.74, 6) is 0. The maximum atomic E-state index is 10.4. The van der Waals surface area contributed by atoms with E-state index in [0.717, 1.165) is 52.4 Å². The molecule has 1 aliphatic heterocycles. The first-order valence-electron chi connectivity index (χ1n) is 8.59. The zero-order valence-corrected chi connectivity index (χ0v) is 13.6. The van der Waals surface area contributed by atoms with E-state index >= 15 is 0 Å². The van der Waals surface area contributed by atoms with E-state index in [9.17, 15) is 5.11 Å². The van der Waals surface area contributed by atoms with Gasteiger partial charge in [-0.3, -0.25) is 4.90 Å². The van der Waals surface area contributed by atoms with E-state index < -0.39 is 0 Å². The number of hydrogen-bond donors (Lipinski definition) is 2. The summed E-state index contributed by atoms with van der Waals surface area (Å²) in [6.07, 6.45) is 5.94. The van der Waals surface area contributed by atoms with Crippen LogP contribution in [0.25, 0.3) is 0 Å². The highest BCUT2D eigenvalue weighted by Crippen LogP contribution is 2.03. The molecule has 1 fully saturated rings. The summed E-state index contributed by atoms with van der Waals surface area (Å²) in [6, 6.07) is 0. The Morgan fingerprint density at radius 1 is 1.10 bits per heavy atom. The van der Waals surface area contributed by atoms with Crippen LogP contribution >= 0.6 is 0 Å². The Morgan fingerprint density at radius 2 is 1.80 bits per heavy atom. The Kier molecular flexibility index (Phi) is 10.3. The largest absolute Gasteiger partial charge is 0.390 e. The van der Waals surface area contributed by atoms with Gasteiger partial charge in [0.15, 0.2) is 0 Å². The van der Waals surface area contributed by atoms with Crippen LogP contribution in [0.2, 0.25) is 0 Å². The van der Waals surface area contributed by atoms with Crippen molar-refractivity contribution in [3.63, 3.8) is 0 Å². The molecule has 0 aromatic heterocycles. The molecule has 1 saturated heterocycles. The summed E-state index contributed by atoms with van der Waals surface area (Å²) < 4.78 is 0. The molecule has 20 heavy (non-hydrogen) atoms. The number of rotatable bonds is 10. The van der Waals surface area contributed by atoms with Gasteiger partial charge >= 0.3 is 0 Å². The fourth-order valence-electron chi connectivity index (χ4n) is 2.80. The average molecular weight is 285 g/mol. The molecule has 4 heteroatoms. The molecule has 0 radical (unpaired) electrons. The third kappa shape index (κ3) is 8.20. The van der Waals surface area contributed by atoms with Gasteiger partial charge in [-0.25, -0.2) is 0 Å². The summed E-state index contributed by atoms with van der Waals surface area (Å²) >= 11 is 0. The van der Waals surface area contributed by atoms with Crippen LogP contribution in [0.4, 0.5) is 0 Å². The quantitative estimate of drug-likeness (QED) is 0.639. The molecular weight excluding hydrogens is 250 g/mol. The highest BCUT2D eigenvalue weighted by atomic mass is 16.3. The SMILES string of the molecule is CCCCN(CCCC)C[C@H](O)CN1CCCNCC1. The molecule has 0 aromatic rings. The fraction of sp³-hybridized carbons (Fsp3) is 1.00. The van der Waals surface area contributed by atoms with E-state index in [1.54, 1.807) is 0 Å². The molecule has 1 aliphatic rings. The Labute approximate surface area is 125 Å². The van der Waals surface area contributed by atoms with Gasteiger partial charge in [-0.15, -0.1) is 0 Å². The van der Waals surface area contributed by atoms with Crippen LogP contribution in [0.15, 0.2) is 0 Å². The predicted molar refractivity (Wildman–Crippen MR) is 86.2 cm³/mol. The molecule has 1 atom stereocenters. The lowest BCUT2D eigenvalue weighted by Crippen LogP contribution is -2.42. The summed E-state index contributed by atoms with van der Waals surface area (Å²) in [5.41, 5.74) is 0. The zero-order valence-electron chi connectivity index (χ0n) is 13.6. The van der Waals surface area contributed by atoms with Crippen LogP contribution in [-0.2, 0) is 0 Å². The van der Waals surface area contributed by atoms with Crippen molar-refractivity contribution in [3.8, 4) is 0 Å². The maximum absolute atomic E-state index is 10.4. The minimum Gasteiger partial charge on any atom is -0.390 e. The van der Waals surface area contributed by atoms with Gasteiger partial charge in [0.2, 0.25) is 0 Å². The summed E-state index contributed by atoms with van der Waals surface area (Å²) in [7, 11) is 0. The number of hydrogen-bond acceptors (Lipinski definition) is 4. The Balaban J connectivity index is 2.28. The van der Waals surface area contributed by atoms with Gasteiger partial charge in [0.1, 0.15) is 0 Å². The monoisotopic (exact) mass is 285 g/mol. The molecule has 0 amide bonds. The van der Waals surface area contributed by atoms with Crippen molar-refractivity contribution in [2.75, 3.05) is 52.4 Å². The summed E-state index contributed by atoms with van der Waals surface area (Å²) in [5, 5.41) is 13.8. The molecule has 0 aromatic carbocycles. The number of aliphatic hydroxyl groups excluding tert-OH is 1. The molecule has 0 aliphatic carbocycles. The van der Waals surface area contributed by atoms with Gasteiger partial charge in [0.25, 0.3) is 0 Å². The zero-order chi connectivity index (χ0) is 14.6. The average Bonchev–Trinajstić information content (AvgIpc) is 2.70. The first kappa shape index (κ1) is 17.9. The van der Waals surface area contributed by atoms with Gasteiger partial charge in [-0.05, 0) is 45.4 Å². The molecule has 0 unspecified atom stereocenters. The van der Waals surface area contributed by atoms with Crippen molar-refractivity contribution in [2.24, 2.45) is 0 Å². The standard InChI is InChI=1S/C16H35N3O/c1-3-5-10-18(11-6-4-2)14-16(20)15-19-12-7-8-17-9-13-19/h16-17,20H,3-15H2,1-2H3/t16-/m0/s1. The van der Waals surface area contributed by atoms with E-state index in [1.165, 1.54) is 32.1 Å². The molecule has 2 N–H and O–H groups in total. The maximum Gasteiger partial charge on any atom is 0.0793 e. The van der Waals surface area contributed by atoms with Crippen LogP contribution in [0.5, 0.6) is 0 Å². The van der Waals surface area contributed by atoms with Crippen LogP contribution in [0.1, 0.15) is 46.0 Å². The van der Waals surface area contributed by atoms with Crippen LogP contribution in [0, 0.1) is 0 Å². The molecule has 4 nitrogen and oxygen atoms in total. The van der Waals surface area contributed by atoms with Gasteiger partial charge in [0.05, 0.1) is 6.10 Å². The van der Waals surface area contributed by atoms with E-state index in [2.05, 4.69) is 29.0 Å². The molecule has 0 bridgehead atoms. The van der Waals surface area contributed by atoms with E-state index in [4.69, 9.17) is 0 Å². The smallest absolute Gasteiger partial charge is 0.0793 e. The lowest BCUT2D eigenvalue weighted by atomic mass is 10.2. The Hall–Kier alpha value is -0.160. The Bertz CT molecular complexity index is 210. The van der Waals surface area contributed by atoms with Crippen LogP contribution < -0.4 is 5.32 Å². The third-order valence-electron chi connectivity index (χ3n) is 4.03. The number of nitrogens with one attached hydrogen (secondary N) is 1. The number of nitrogens with zero attached hydrogens (tertiary/aromatic N) is 2. The second kappa shape index (κ2) is 11.5. The van der Waals surface area contributed by atoms with Crippen molar-refractivity contribution >= 4 is 0 Å². The van der Waals surface area contributed by atoms with E-state index in [-0.39, 0.29) is 6.10 Å². The Morgan fingerprint density at radius 3 is 2.45 bits per heavy atom. The lowest BCUT2D eigenvalue weighted by molar-refractivity contribution is 0.0746. The normalized spacial score (nSPS) is 19.2. The van der Waals surface area contributed by atoms with Crippen molar-refractivity contribution in [2.45, 2.75) is 52.1 Å². The fourth-order valence-corrected chi connectivity index (χ4v) is 2.80. The third-order valence-corrected chi connectivity index (χ3v) is 4.03. The van der Waals surface area contributed by atoms with Crippen LogP contribution in [0.3, 0.4) is 0 Å². The molecule has 0 saturated carbocycles. The second-order valence-corrected chi connectivity index (χ2v) is 6.07. The van der Waals surface area contributed by atoms with Gasteiger partial charge in [-0.1, -0.05) is 26.7 Å². The highest BCUT2D eigenvalue weighted by Gasteiger charge is 2.16. The van der Waals surface area contributed by atoms with Crippen molar-refractivity contribution in [3.05, 3.63) is 0 Å². The molecular formula is C16H35N3O. The molecule has 1 rings (SSSR count). The molecule has 0 spiro atoms. The first-order valence-corrected chi connectivity index (χ1v) is 8.59. The second-order valence-electron chi connectivity index (χ2n) is 6.07. The summed E-state index contributed by atoms with van der Waals surface area (Å²) in [4.78, 5) is 4.86. The minimum absolute atomic E-state index is 0.207. The molecule has 120 valence electrons. The lowest BCUT2D eigenvalue weighted by Gasteiger charge is -2.28. The van der Waals surface area contributed by atoms with Gasteiger partial charge < -0.3 is 15.3 Å². The van der Waals surface area contributed by atoms with E-state index in [0.29, 0.717) is 0 Å². The molecule has 1 heterocycles. The highest BCUT2D eigenvalue weighted by molar-refractivity contribution is 4.72. The minimum atomic E-state index is -0.207. The topological polar surface area (TPSA) is 38.7 Å². The summed E-state index contributed by atoms with van der Waals surface area (Å²) in [6.45, 7) is 12.8. The predicted octanol–water partition coefficient (Wildman–Crippen LogP) is 1.54. The van der Waals surface area contributed by atoms with Crippen molar-refractivity contribution in [1.29, 1.82) is 0 Å². The van der Waals surface area contributed by atoms with Crippen molar-refractivity contribution < 1.29 is 5.11 Å². The van der Waals surface area contributed by atoms with Gasteiger partial charge in [-0.2, -0.15) is 0 Å². The number of β-amino-alcohol motifs (C(OH)–C–C–N with tert-alkyl or cyclic N) is 1. The van der Waals surface area contributed by atoms with Gasteiger partial charge in [0, 0.05) is 26.2 Å². The van der Waals surface area contributed by atoms with Crippen molar-refractivity contribution in [1.82, 2.24) is 15.1 Å². The number of unbranched alkanes of at least 4 members (excludes halogenated alkanes) is 2. The van der Waals surface area contributed by atoms with Crippen LogP contribution in [-0.4, -0.2) is 73.4 Å². The van der Waals surface area contributed by atoms with E-state index in [1.807, 2.05) is 0 Å². The first-order chi connectivity index (χ1) is 9.76. The number of aliphatic hydroxyl groups is 1.